The van der Waals surface area contributed by atoms with Crippen molar-refractivity contribution in [3.05, 3.63) is 59.9 Å². The number of aromatic hydroxyl groups is 1. The molecule has 0 radical (unpaired) electrons. The van der Waals surface area contributed by atoms with E-state index < -0.39 is 0 Å². The average Bonchev–Trinajstić information content (AvgIpc) is 2.67. The van der Waals surface area contributed by atoms with Crippen LogP contribution in [0.1, 0.15) is 43.4 Å². The molecule has 2 N–H and O–H groups in total. The molecule has 0 amide bonds. The van der Waals surface area contributed by atoms with Crippen LogP contribution in [0.25, 0.3) is 0 Å². The summed E-state index contributed by atoms with van der Waals surface area (Å²) in [7, 11) is 0. The predicted octanol–water partition coefficient (Wildman–Crippen LogP) is 3.54. The van der Waals surface area contributed by atoms with Crippen LogP contribution in [0.4, 0.5) is 0 Å². The minimum absolute atomic E-state index is 0.231. The molecule has 1 saturated heterocycles. The van der Waals surface area contributed by atoms with Crippen molar-refractivity contribution in [3.8, 4) is 5.75 Å². The summed E-state index contributed by atoms with van der Waals surface area (Å²) < 4.78 is 0. The third-order valence-electron chi connectivity index (χ3n) is 5.21. The molecule has 0 saturated carbocycles. The molecule has 4 nitrogen and oxygen atoms in total. The molecular formula is C21H29N3O. The van der Waals surface area contributed by atoms with Gasteiger partial charge in [0.1, 0.15) is 5.75 Å². The molecule has 0 aliphatic carbocycles. The molecule has 1 fully saturated rings. The van der Waals surface area contributed by atoms with Crippen LogP contribution in [0.5, 0.6) is 5.75 Å². The second-order valence-corrected chi connectivity index (χ2v) is 6.91. The standard InChI is InChI=1S/C21H29N3O/c1-2-20(19-5-3-4-6-21(19)25)23-18-10-15-24(16-11-18)14-9-17-7-12-22-13-8-17/h3-8,12-13,18,20,23,25H,2,9-11,14-16H2,1H3. The number of nitrogens with zero attached hydrogens (tertiary/aromatic N) is 2. The minimum atomic E-state index is 0.231. The molecule has 3 rings (SSSR count). The molecule has 134 valence electrons. The number of hydrogen-bond acceptors (Lipinski definition) is 4. The molecular weight excluding hydrogens is 310 g/mol. The number of phenolic OH excluding ortho intramolecular Hbond substituents is 1. The number of rotatable bonds is 7. The van der Waals surface area contributed by atoms with Crippen molar-refractivity contribution >= 4 is 0 Å². The summed E-state index contributed by atoms with van der Waals surface area (Å²) >= 11 is 0. The summed E-state index contributed by atoms with van der Waals surface area (Å²) in [5, 5.41) is 13.9. The van der Waals surface area contributed by atoms with Gasteiger partial charge < -0.3 is 15.3 Å². The van der Waals surface area contributed by atoms with Crippen molar-refractivity contribution in [1.82, 2.24) is 15.2 Å². The van der Waals surface area contributed by atoms with Crippen molar-refractivity contribution in [2.45, 2.75) is 44.7 Å². The van der Waals surface area contributed by atoms with Crippen molar-refractivity contribution < 1.29 is 5.11 Å². The van der Waals surface area contributed by atoms with Gasteiger partial charge in [0, 0.05) is 36.6 Å². The zero-order valence-electron chi connectivity index (χ0n) is 15.1. The van der Waals surface area contributed by atoms with E-state index in [0.717, 1.165) is 38.0 Å². The number of piperidine rings is 1. The summed E-state index contributed by atoms with van der Waals surface area (Å²) in [5.41, 5.74) is 2.38. The van der Waals surface area contributed by atoms with Crippen LogP contribution in [0.3, 0.4) is 0 Å². The van der Waals surface area contributed by atoms with E-state index in [4.69, 9.17) is 0 Å². The van der Waals surface area contributed by atoms with Gasteiger partial charge in [0.25, 0.3) is 0 Å². The molecule has 0 bridgehead atoms. The first-order valence-corrected chi connectivity index (χ1v) is 9.41. The average molecular weight is 339 g/mol. The normalized spacial score (nSPS) is 17.5. The molecule has 1 aromatic heterocycles. The molecule has 25 heavy (non-hydrogen) atoms. The molecule has 2 aromatic rings. The van der Waals surface area contributed by atoms with Gasteiger partial charge in [-0.2, -0.15) is 0 Å². The van der Waals surface area contributed by atoms with Gasteiger partial charge in [0.15, 0.2) is 0 Å². The van der Waals surface area contributed by atoms with Gasteiger partial charge >= 0.3 is 0 Å². The van der Waals surface area contributed by atoms with Gasteiger partial charge in [-0.1, -0.05) is 25.1 Å². The molecule has 2 heterocycles. The Kier molecular flexibility index (Phi) is 6.42. The largest absolute Gasteiger partial charge is 0.508 e. The predicted molar refractivity (Wildman–Crippen MR) is 102 cm³/mol. The molecule has 1 atom stereocenters. The number of benzene rings is 1. The van der Waals surface area contributed by atoms with Gasteiger partial charge in [-0.05, 0) is 62.5 Å². The van der Waals surface area contributed by atoms with Crippen molar-refractivity contribution in [2.75, 3.05) is 19.6 Å². The first-order valence-electron chi connectivity index (χ1n) is 9.41. The smallest absolute Gasteiger partial charge is 0.120 e. The monoisotopic (exact) mass is 339 g/mol. The Morgan fingerprint density at radius 1 is 1.16 bits per heavy atom. The lowest BCUT2D eigenvalue weighted by molar-refractivity contribution is 0.191. The van der Waals surface area contributed by atoms with Crippen molar-refractivity contribution in [2.24, 2.45) is 0 Å². The first-order chi connectivity index (χ1) is 12.3. The molecule has 0 spiro atoms. The molecule has 4 heteroatoms. The topological polar surface area (TPSA) is 48.4 Å². The zero-order chi connectivity index (χ0) is 17.5. The van der Waals surface area contributed by atoms with Crippen LogP contribution < -0.4 is 5.32 Å². The van der Waals surface area contributed by atoms with E-state index in [2.05, 4.69) is 34.3 Å². The lowest BCUT2D eigenvalue weighted by Crippen LogP contribution is -2.44. The minimum Gasteiger partial charge on any atom is -0.508 e. The van der Waals surface area contributed by atoms with Gasteiger partial charge in [-0.25, -0.2) is 0 Å². The molecule has 1 aliphatic heterocycles. The van der Waals surface area contributed by atoms with Crippen LogP contribution in [0, 0.1) is 0 Å². The number of para-hydroxylation sites is 1. The van der Waals surface area contributed by atoms with E-state index in [0.29, 0.717) is 11.8 Å². The van der Waals surface area contributed by atoms with E-state index >= 15 is 0 Å². The highest BCUT2D eigenvalue weighted by atomic mass is 16.3. The number of pyridine rings is 1. The highest BCUT2D eigenvalue weighted by Crippen LogP contribution is 2.27. The number of likely N-dealkylation sites (tertiary alicyclic amines) is 1. The SMILES string of the molecule is CCC(NC1CCN(CCc2ccncc2)CC1)c1ccccc1O. The number of nitrogens with one attached hydrogen (secondary N) is 1. The van der Waals surface area contributed by atoms with E-state index in [1.165, 1.54) is 18.4 Å². The maximum Gasteiger partial charge on any atom is 0.120 e. The summed E-state index contributed by atoms with van der Waals surface area (Å²) in [6.45, 7) is 5.57. The Morgan fingerprint density at radius 3 is 2.56 bits per heavy atom. The summed E-state index contributed by atoms with van der Waals surface area (Å²) in [4.78, 5) is 6.63. The summed E-state index contributed by atoms with van der Waals surface area (Å²) in [5.74, 6) is 0.400. The lowest BCUT2D eigenvalue weighted by atomic mass is 9.98. The fourth-order valence-electron chi connectivity index (χ4n) is 3.65. The second-order valence-electron chi connectivity index (χ2n) is 6.91. The van der Waals surface area contributed by atoms with Crippen LogP contribution in [0.15, 0.2) is 48.8 Å². The Labute approximate surface area is 150 Å². The van der Waals surface area contributed by atoms with Gasteiger partial charge in [0.05, 0.1) is 0 Å². The fraction of sp³-hybridized carbons (Fsp3) is 0.476. The maximum absolute atomic E-state index is 10.1. The Hall–Kier alpha value is -1.91. The quantitative estimate of drug-likeness (QED) is 0.810. The van der Waals surface area contributed by atoms with Crippen LogP contribution in [-0.4, -0.2) is 40.7 Å². The fourth-order valence-corrected chi connectivity index (χ4v) is 3.65. The summed E-state index contributed by atoms with van der Waals surface area (Å²) in [6, 6.07) is 12.7. The number of phenols is 1. The van der Waals surface area contributed by atoms with Crippen LogP contribution in [-0.2, 0) is 6.42 Å². The van der Waals surface area contributed by atoms with E-state index in [1.54, 1.807) is 6.07 Å². The molecule has 1 aromatic carbocycles. The number of aromatic nitrogens is 1. The Balaban J connectivity index is 1.46. The van der Waals surface area contributed by atoms with E-state index in [1.807, 2.05) is 30.6 Å². The first kappa shape index (κ1) is 17.9. The Morgan fingerprint density at radius 2 is 1.88 bits per heavy atom. The lowest BCUT2D eigenvalue weighted by Gasteiger charge is -2.34. The Bertz CT molecular complexity index is 639. The van der Waals surface area contributed by atoms with Gasteiger partial charge in [-0.3, -0.25) is 4.98 Å². The highest BCUT2D eigenvalue weighted by molar-refractivity contribution is 5.34. The van der Waals surface area contributed by atoms with Crippen LogP contribution >= 0.6 is 0 Å². The van der Waals surface area contributed by atoms with E-state index in [-0.39, 0.29) is 6.04 Å². The second kappa shape index (κ2) is 8.97. The summed E-state index contributed by atoms with van der Waals surface area (Å²) in [6.07, 6.45) is 8.15. The van der Waals surface area contributed by atoms with Crippen molar-refractivity contribution in [3.63, 3.8) is 0 Å². The third kappa shape index (κ3) is 5.03. The highest BCUT2D eigenvalue weighted by Gasteiger charge is 2.22. The third-order valence-corrected chi connectivity index (χ3v) is 5.21. The maximum atomic E-state index is 10.1. The van der Waals surface area contributed by atoms with Gasteiger partial charge in [0.2, 0.25) is 0 Å². The van der Waals surface area contributed by atoms with Crippen molar-refractivity contribution in [1.29, 1.82) is 0 Å². The zero-order valence-corrected chi connectivity index (χ0v) is 15.1. The number of hydrogen-bond donors (Lipinski definition) is 2. The molecule has 1 aliphatic rings. The van der Waals surface area contributed by atoms with Gasteiger partial charge in [-0.15, -0.1) is 0 Å². The van der Waals surface area contributed by atoms with Crippen LogP contribution in [0.2, 0.25) is 0 Å². The molecule has 1 unspecified atom stereocenters. The van der Waals surface area contributed by atoms with E-state index in [9.17, 15) is 5.11 Å².